The Morgan fingerprint density at radius 1 is 1.25 bits per heavy atom. The minimum absolute atomic E-state index is 0.921. The van der Waals surface area contributed by atoms with E-state index < -0.39 is 0 Å². The second-order valence-electron chi connectivity index (χ2n) is 4.12. The van der Waals surface area contributed by atoms with E-state index >= 15 is 0 Å². The van der Waals surface area contributed by atoms with Crippen LogP contribution in [0.3, 0.4) is 0 Å². The molecule has 0 bridgehead atoms. The molecule has 1 aromatic rings. The maximum Gasteiger partial charge on any atom is 0.124 e. The van der Waals surface area contributed by atoms with Crippen molar-refractivity contribution in [2.24, 2.45) is 0 Å². The zero-order valence-electron chi connectivity index (χ0n) is 10.0. The van der Waals surface area contributed by atoms with Crippen molar-refractivity contribution in [1.29, 1.82) is 0 Å². The van der Waals surface area contributed by atoms with E-state index in [9.17, 15) is 0 Å². The molecule has 1 N–H and O–H groups in total. The van der Waals surface area contributed by atoms with Crippen LogP contribution in [0.15, 0.2) is 30.0 Å². The van der Waals surface area contributed by atoms with Crippen molar-refractivity contribution < 1.29 is 4.74 Å². The highest BCUT2D eigenvalue weighted by Gasteiger charge is 2.05. The zero-order valence-corrected chi connectivity index (χ0v) is 10.0. The summed E-state index contributed by atoms with van der Waals surface area (Å²) in [7, 11) is 1.72. The van der Waals surface area contributed by atoms with Gasteiger partial charge in [-0.1, -0.05) is 0 Å². The highest BCUT2D eigenvalue weighted by atomic mass is 16.5. The lowest BCUT2D eigenvalue weighted by atomic mass is 10.0. The first kappa shape index (κ1) is 10.8. The van der Waals surface area contributed by atoms with Crippen LogP contribution < -0.4 is 10.1 Å². The molecule has 2 heteroatoms. The van der Waals surface area contributed by atoms with Crippen LogP contribution in [0, 0.1) is 13.8 Å². The summed E-state index contributed by atoms with van der Waals surface area (Å²) in [6.45, 7) is 5.08. The van der Waals surface area contributed by atoms with E-state index in [0.717, 1.165) is 12.3 Å². The first-order valence-corrected chi connectivity index (χ1v) is 5.46. The van der Waals surface area contributed by atoms with E-state index in [0.29, 0.717) is 0 Å². The molecule has 2 rings (SSSR count). The van der Waals surface area contributed by atoms with E-state index in [1.54, 1.807) is 7.11 Å². The van der Waals surface area contributed by atoms with Gasteiger partial charge >= 0.3 is 0 Å². The average molecular weight is 215 g/mol. The van der Waals surface area contributed by atoms with Crippen LogP contribution in [0.5, 0.6) is 5.75 Å². The molecule has 0 spiro atoms. The lowest BCUT2D eigenvalue weighted by Gasteiger charge is -2.09. The van der Waals surface area contributed by atoms with Gasteiger partial charge in [-0.15, -0.1) is 0 Å². The maximum atomic E-state index is 5.35. The normalized spacial score (nSPS) is 16.6. The number of hydrogen-bond acceptors (Lipinski definition) is 2. The molecule has 1 aliphatic rings. The summed E-state index contributed by atoms with van der Waals surface area (Å²) in [6, 6.07) is 4.32. The van der Waals surface area contributed by atoms with Crippen LogP contribution in [0.2, 0.25) is 0 Å². The van der Waals surface area contributed by atoms with E-state index in [1.807, 2.05) is 6.20 Å². The van der Waals surface area contributed by atoms with Crippen molar-refractivity contribution >= 4 is 6.08 Å². The van der Waals surface area contributed by atoms with Crippen molar-refractivity contribution in [3.8, 4) is 5.75 Å². The lowest BCUT2D eigenvalue weighted by Crippen LogP contribution is -2.00. The molecule has 1 aromatic carbocycles. The Morgan fingerprint density at radius 2 is 1.94 bits per heavy atom. The molecule has 0 saturated heterocycles. The van der Waals surface area contributed by atoms with Crippen molar-refractivity contribution in [1.82, 2.24) is 5.32 Å². The quantitative estimate of drug-likeness (QED) is 0.819. The summed E-state index contributed by atoms with van der Waals surface area (Å²) in [6.07, 6.45) is 6.29. The number of rotatable bonds is 2. The second-order valence-corrected chi connectivity index (χ2v) is 4.12. The molecule has 0 saturated carbocycles. The minimum Gasteiger partial charge on any atom is -0.496 e. The molecule has 16 heavy (non-hydrogen) atoms. The summed E-state index contributed by atoms with van der Waals surface area (Å²) < 4.78 is 5.35. The van der Waals surface area contributed by atoms with Crippen LogP contribution >= 0.6 is 0 Å². The molecule has 0 radical (unpaired) electrons. The fourth-order valence-corrected chi connectivity index (χ4v) is 2.10. The van der Waals surface area contributed by atoms with Crippen molar-refractivity contribution in [2.75, 3.05) is 13.7 Å². The molecular weight excluding hydrogens is 198 g/mol. The smallest absolute Gasteiger partial charge is 0.124 e. The third-order valence-corrected chi connectivity index (χ3v) is 2.76. The van der Waals surface area contributed by atoms with Gasteiger partial charge in [0.15, 0.2) is 0 Å². The Labute approximate surface area is 96.6 Å². The SMILES string of the molecule is COc1c(C)cc(C=C2C=CNC2)cc1C. The lowest BCUT2D eigenvalue weighted by molar-refractivity contribution is 0.408. The highest BCUT2D eigenvalue weighted by molar-refractivity contribution is 5.61. The molecule has 84 valence electrons. The van der Waals surface area contributed by atoms with E-state index in [1.165, 1.54) is 22.3 Å². The molecule has 2 nitrogen and oxygen atoms in total. The Bertz CT molecular complexity index is 435. The predicted octanol–water partition coefficient (Wildman–Crippen LogP) is 2.81. The third kappa shape index (κ3) is 2.11. The van der Waals surface area contributed by atoms with Crippen LogP contribution in [0.4, 0.5) is 0 Å². The number of nitrogens with one attached hydrogen (secondary N) is 1. The van der Waals surface area contributed by atoms with E-state index in [2.05, 4.69) is 43.4 Å². The molecular formula is C14H17NO. The Morgan fingerprint density at radius 3 is 2.44 bits per heavy atom. The molecule has 0 amide bonds. The summed E-state index contributed by atoms with van der Waals surface area (Å²) in [5.74, 6) is 0.988. The highest BCUT2D eigenvalue weighted by Crippen LogP contribution is 2.25. The fourth-order valence-electron chi connectivity index (χ4n) is 2.10. The molecule has 0 fully saturated rings. The zero-order chi connectivity index (χ0) is 11.5. The predicted molar refractivity (Wildman–Crippen MR) is 67.6 cm³/mol. The molecule has 0 aromatic heterocycles. The summed E-state index contributed by atoms with van der Waals surface area (Å²) in [5.41, 5.74) is 4.91. The Balaban J connectivity index is 2.36. The average Bonchev–Trinajstić information content (AvgIpc) is 2.70. The molecule has 1 heterocycles. The first-order valence-electron chi connectivity index (χ1n) is 5.46. The number of hydrogen-bond donors (Lipinski definition) is 1. The van der Waals surface area contributed by atoms with E-state index in [-0.39, 0.29) is 0 Å². The first-order chi connectivity index (χ1) is 7.70. The van der Waals surface area contributed by atoms with Gasteiger partial charge in [-0.05, 0) is 66.6 Å². The number of aryl methyl sites for hydroxylation is 2. The second kappa shape index (κ2) is 4.44. The molecule has 0 aliphatic carbocycles. The monoisotopic (exact) mass is 215 g/mol. The van der Waals surface area contributed by atoms with Gasteiger partial charge in [-0.2, -0.15) is 0 Å². The minimum atomic E-state index is 0.921. The van der Waals surface area contributed by atoms with Crippen LogP contribution in [0.25, 0.3) is 6.08 Å². The molecule has 0 unspecified atom stereocenters. The van der Waals surface area contributed by atoms with Crippen LogP contribution in [-0.4, -0.2) is 13.7 Å². The summed E-state index contributed by atoms with van der Waals surface area (Å²) >= 11 is 0. The fraction of sp³-hybridized carbons (Fsp3) is 0.286. The van der Waals surface area contributed by atoms with Gasteiger partial charge in [0.25, 0.3) is 0 Å². The van der Waals surface area contributed by atoms with Gasteiger partial charge in [0, 0.05) is 6.54 Å². The van der Waals surface area contributed by atoms with Gasteiger partial charge < -0.3 is 10.1 Å². The number of ether oxygens (including phenoxy) is 1. The van der Waals surface area contributed by atoms with Crippen molar-refractivity contribution in [2.45, 2.75) is 13.8 Å². The van der Waals surface area contributed by atoms with Gasteiger partial charge in [-0.3, -0.25) is 0 Å². The number of methoxy groups -OCH3 is 1. The van der Waals surface area contributed by atoms with Gasteiger partial charge in [0.1, 0.15) is 5.75 Å². The molecule has 0 atom stereocenters. The number of benzene rings is 1. The van der Waals surface area contributed by atoms with Crippen LogP contribution in [0.1, 0.15) is 16.7 Å². The van der Waals surface area contributed by atoms with E-state index in [4.69, 9.17) is 4.74 Å². The van der Waals surface area contributed by atoms with Gasteiger partial charge in [0.2, 0.25) is 0 Å². The summed E-state index contributed by atoms with van der Waals surface area (Å²) in [4.78, 5) is 0. The maximum absolute atomic E-state index is 5.35. The van der Waals surface area contributed by atoms with Gasteiger partial charge in [-0.25, -0.2) is 0 Å². The standard InChI is InChI=1S/C14H17NO/c1-10-6-13(7-11(2)14(10)16-3)8-12-4-5-15-9-12/h4-8,15H,9H2,1-3H3. The Hall–Kier alpha value is -1.70. The van der Waals surface area contributed by atoms with Crippen LogP contribution in [-0.2, 0) is 0 Å². The summed E-state index contributed by atoms with van der Waals surface area (Å²) in [5, 5.41) is 3.17. The van der Waals surface area contributed by atoms with Gasteiger partial charge in [0.05, 0.1) is 7.11 Å². The molecule has 1 aliphatic heterocycles. The topological polar surface area (TPSA) is 21.3 Å². The largest absolute Gasteiger partial charge is 0.496 e. The van der Waals surface area contributed by atoms with Crippen molar-refractivity contribution in [3.05, 3.63) is 46.7 Å². The van der Waals surface area contributed by atoms with Crippen molar-refractivity contribution in [3.63, 3.8) is 0 Å². The third-order valence-electron chi connectivity index (χ3n) is 2.76. The Kier molecular flexibility index (Phi) is 3.00.